The zero-order valence-electron chi connectivity index (χ0n) is 12.7. The third kappa shape index (κ3) is 5.26. The van der Waals surface area contributed by atoms with Crippen LogP contribution in [0.5, 0.6) is 17.4 Å². The zero-order chi connectivity index (χ0) is 19.5. The minimum atomic E-state index is -4.73. The van der Waals surface area contributed by atoms with Crippen molar-refractivity contribution < 1.29 is 40.6 Å². The van der Waals surface area contributed by atoms with Crippen LogP contribution in [-0.2, 0) is 6.18 Å². The van der Waals surface area contributed by atoms with Gasteiger partial charge in [0.15, 0.2) is 6.61 Å². The second kappa shape index (κ2) is 7.10. The van der Waals surface area contributed by atoms with Crippen molar-refractivity contribution >= 4 is 5.91 Å². The number of primary amides is 1. The van der Waals surface area contributed by atoms with E-state index in [0.717, 1.165) is 12.1 Å². The molecule has 140 valence electrons. The van der Waals surface area contributed by atoms with Crippen LogP contribution in [-0.4, -0.2) is 23.7 Å². The van der Waals surface area contributed by atoms with Crippen molar-refractivity contribution in [1.29, 1.82) is 0 Å². The lowest BCUT2D eigenvalue weighted by Gasteiger charge is -2.12. The average Bonchev–Trinajstić information content (AvgIpc) is 2.52. The maximum Gasteiger partial charge on any atom is 0.422 e. The Morgan fingerprint density at radius 2 is 1.62 bits per heavy atom. The number of hydrogen-bond acceptors (Lipinski definition) is 4. The first kappa shape index (κ1) is 19.3. The highest BCUT2D eigenvalue weighted by molar-refractivity contribution is 5.95. The molecule has 1 aromatic heterocycles. The number of aromatic nitrogens is 1. The highest BCUT2D eigenvalue weighted by atomic mass is 19.4. The van der Waals surface area contributed by atoms with Crippen LogP contribution in [0.4, 0.5) is 26.3 Å². The summed E-state index contributed by atoms with van der Waals surface area (Å²) >= 11 is 0. The van der Waals surface area contributed by atoms with E-state index in [4.69, 9.17) is 10.5 Å². The number of benzene rings is 1. The molecule has 0 bridgehead atoms. The van der Waals surface area contributed by atoms with E-state index in [1.807, 2.05) is 0 Å². The SMILES string of the molecule is NC(=O)c1cc(C(F)(F)F)cnc1Oc1ccc(OCC(F)(F)F)cc1. The van der Waals surface area contributed by atoms with Gasteiger partial charge in [-0.15, -0.1) is 0 Å². The fraction of sp³-hybridized carbons (Fsp3) is 0.200. The van der Waals surface area contributed by atoms with Crippen LogP contribution in [0.3, 0.4) is 0 Å². The summed E-state index contributed by atoms with van der Waals surface area (Å²) in [4.78, 5) is 14.8. The number of carbonyl (C=O) groups excluding carboxylic acids is 1. The van der Waals surface area contributed by atoms with Gasteiger partial charge in [0.2, 0.25) is 5.88 Å². The molecule has 0 aliphatic heterocycles. The lowest BCUT2D eigenvalue weighted by molar-refractivity contribution is -0.153. The van der Waals surface area contributed by atoms with Gasteiger partial charge in [-0.1, -0.05) is 0 Å². The van der Waals surface area contributed by atoms with Gasteiger partial charge in [-0.2, -0.15) is 26.3 Å². The molecule has 1 amide bonds. The minimum Gasteiger partial charge on any atom is -0.484 e. The molecule has 26 heavy (non-hydrogen) atoms. The first-order valence-electron chi connectivity index (χ1n) is 6.80. The fourth-order valence-corrected chi connectivity index (χ4v) is 1.75. The topological polar surface area (TPSA) is 74.4 Å². The van der Waals surface area contributed by atoms with E-state index in [9.17, 15) is 31.1 Å². The van der Waals surface area contributed by atoms with Crippen LogP contribution in [0.15, 0.2) is 36.5 Å². The highest BCUT2D eigenvalue weighted by Gasteiger charge is 2.32. The molecule has 0 spiro atoms. The Balaban J connectivity index is 2.19. The second-order valence-electron chi connectivity index (χ2n) is 4.92. The third-order valence-corrected chi connectivity index (χ3v) is 2.88. The monoisotopic (exact) mass is 380 g/mol. The number of carbonyl (C=O) groups is 1. The molecule has 2 N–H and O–H groups in total. The second-order valence-corrected chi connectivity index (χ2v) is 4.92. The molecule has 1 aromatic carbocycles. The van der Waals surface area contributed by atoms with Crippen molar-refractivity contribution in [1.82, 2.24) is 4.98 Å². The van der Waals surface area contributed by atoms with Crippen molar-refractivity contribution in [3.05, 3.63) is 47.7 Å². The van der Waals surface area contributed by atoms with E-state index >= 15 is 0 Å². The predicted octanol–water partition coefficient (Wildman–Crippen LogP) is 3.93. The van der Waals surface area contributed by atoms with E-state index in [0.29, 0.717) is 12.3 Å². The standard InChI is InChI=1S/C15H10F6N2O3/c16-14(17,18)7-25-9-1-3-10(4-2-9)26-13-11(12(22)24)5-8(6-23-13)15(19,20)21/h1-6H,7H2,(H2,22,24). The lowest BCUT2D eigenvalue weighted by atomic mass is 10.2. The number of pyridine rings is 1. The van der Waals surface area contributed by atoms with Gasteiger partial charge >= 0.3 is 12.4 Å². The van der Waals surface area contributed by atoms with E-state index in [1.54, 1.807) is 0 Å². The Hall–Kier alpha value is -2.98. The molecule has 0 saturated heterocycles. The van der Waals surface area contributed by atoms with Crippen LogP contribution in [0.25, 0.3) is 0 Å². The van der Waals surface area contributed by atoms with Gasteiger partial charge in [0.05, 0.1) is 5.56 Å². The molecule has 0 saturated carbocycles. The van der Waals surface area contributed by atoms with Crippen LogP contribution < -0.4 is 15.2 Å². The molecule has 2 aromatic rings. The highest BCUT2D eigenvalue weighted by Crippen LogP contribution is 2.32. The van der Waals surface area contributed by atoms with E-state index in [-0.39, 0.29) is 11.5 Å². The molecule has 0 aliphatic rings. The van der Waals surface area contributed by atoms with Gasteiger partial charge in [-0.3, -0.25) is 4.79 Å². The summed E-state index contributed by atoms with van der Waals surface area (Å²) < 4.78 is 83.9. The fourth-order valence-electron chi connectivity index (χ4n) is 1.75. The third-order valence-electron chi connectivity index (χ3n) is 2.88. The number of halogens is 6. The lowest BCUT2D eigenvalue weighted by Crippen LogP contribution is -2.19. The van der Waals surface area contributed by atoms with Crippen molar-refractivity contribution in [2.24, 2.45) is 5.73 Å². The van der Waals surface area contributed by atoms with E-state index in [1.165, 1.54) is 12.1 Å². The summed E-state index contributed by atoms with van der Waals surface area (Å²) in [6.07, 6.45) is -8.77. The number of nitrogens with two attached hydrogens (primary N) is 1. The molecule has 0 atom stereocenters. The number of hydrogen-bond donors (Lipinski definition) is 1. The summed E-state index contributed by atoms with van der Waals surface area (Å²) in [5.74, 6) is -1.78. The summed E-state index contributed by atoms with van der Waals surface area (Å²) in [5, 5.41) is 0. The van der Waals surface area contributed by atoms with Crippen molar-refractivity contribution in [2.45, 2.75) is 12.4 Å². The summed E-state index contributed by atoms with van der Waals surface area (Å²) in [6, 6.07) is 5.17. The van der Waals surface area contributed by atoms with Crippen LogP contribution in [0.2, 0.25) is 0 Å². The predicted molar refractivity (Wildman–Crippen MR) is 75.8 cm³/mol. The smallest absolute Gasteiger partial charge is 0.422 e. The molecular weight excluding hydrogens is 370 g/mol. The molecular formula is C15H10F6N2O3. The van der Waals surface area contributed by atoms with Crippen molar-refractivity contribution in [3.63, 3.8) is 0 Å². The van der Waals surface area contributed by atoms with Gasteiger partial charge < -0.3 is 15.2 Å². The number of rotatable bonds is 5. The molecule has 2 rings (SSSR count). The van der Waals surface area contributed by atoms with Crippen LogP contribution in [0, 0.1) is 0 Å². The average molecular weight is 380 g/mol. The number of ether oxygens (including phenoxy) is 2. The van der Waals surface area contributed by atoms with Crippen molar-refractivity contribution in [3.8, 4) is 17.4 Å². The Morgan fingerprint density at radius 1 is 1.04 bits per heavy atom. The molecule has 5 nitrogen and oxygen atoms in total. The molecule has 0 fully saturated rings. The van der Waals surface area contributed by atoms with E-state index in [2.05, 4.69) is 9.72 Å². The molecule has 0 radical (unpaired) electrons. The Morgan fingerprint density at radius 3 is 2.12 bits per heavy atom. The zero-order valence-corrected chi connectivity index (χ0v) is 12.7. The van der Waals surface area contributed by atoms with Crippen LogP contribution >= 0.6 is 0 Å². The number of amides is 1. The van der Waals surface area contributed by atoms with Gasteiger partial charge in [0.1, 0.15) is 17.1 Å². The van der Waals surface area contributed by atoms with Gasteiger partial charge in [0, 0.05) is 6.20 Å². The van der Waals surface area contributed by atoms with Crippen molar-refractivity contribution in [2.75, 3.05) is 6.61 Å². The largest absolute Gasteiger partial charge is 0.484 e. The summed E-state index contributed by atoms with van der Waals surface area (Å²) in [5.41, 5.74) is 3.25. The minimum absolute atomic E-state index is 0.000817. The quantitative estimate of drug-likeness (QED) is 0.798. The van der Waals surface area contributed by atoms with E-state index < -0.39 is 41.9 Å². The number of alkyl halides is 6. The molecule has 11 heteroatoms. The maximum atomic E-state index is 12.7. The molecule has 0 aliphatic carbocycles. The first-order chi connectivity index (χ1) is 12.0. The first-order valence-corrected chi connectivity index (χ1v) is 6.80. The van der Waals surface area contributed by atoms with Crippen LogP contribution in [0.1, 0.15) is 15.9 Å². The summed E-state index contributed by atoms with van der Waals surface area (Å²) in [6.45, 7) is -1.49. The van der Waals surface area contributed by atoms with Gasteiger partial charge in [0.25, 0.3) is 5.91 Å². The molecule has 1 heterocycles. The Kier molecular flexibility index (Phi) is 5.28. The molecule has 0 unspecified atom stereocenters. The van der Waals surface area contributed by atoms with Gasteiger partial charge in [-0.05, 0) is 30.3 Å². The Labute approximate surface area is 142 Å². The summed E-state index contributed by atoms with van der Waals surface area (Å²) in [7, 11) is 0. The number of nitrogens with zero attached hydrogens (tertiary/aromatic N) is 1. The maximum absolute atomic E-state index is 12.7. The Bertz CT molecular complexity index is 787. The van der Waals surface area contributed by atoms with Gasteiger partial charge in [-0.25, -0.2) is 4.98 Å². The normalized spacial score (nSPS) is 11.9.